The van der Waals surface area contributed by atoms with Crippen molar-refractivity contribution in [2.45, 2.75) is 0 Å². The maximum Gasteiger partial charge on any atom is 0.248 e. The molecule has 0 atom stereocenters. The number of nitrogens with one attached hydrogen (secondary N) is 1. The summed E-state index contributed by atoms with van der Waals surface area (Å²) in [6.07, 6.45) is 3.09. The monoisotopic (exact) mass is 335 g/mol. The molecule has 0 unspecified atom stereocenters. The molecule has 4 nitrogen and oxygen atoms in total. The molecule has 2 aromatic rings. The molecule has 1 N–H and O–H groups in total. The van der Waals surface area contributed by atoms with Crippen LogP contribution in [0.1, 0.15) is 5.56 Å². The highest BCUT2D eigenvalue weighted by Crippen LogP contribution is 2.33. The molecule has 2 aromatic carbocycles. The van der Waals surface area contributed by atoms with E-state index >= 15 is 0 Å². The third-order valence-electron chi connectivity index (χ3n) is 3.03. The molecule has 22 heavy (non-hydrogen) atoms. The fraction of sp³-hybridized carbons (Fsp3) is 0.0625. The van der Waals surface area contributed by atoms with Crippen molar-refractivity contribution in [1.29, 1.82) is 0 Å². The summed E-state index contributed by atoms with van der Waals surface area (Å²) in [4.78, 5) is 11.9. The van der Waals surface area contributed by atoms with Crippen LogP contribution in [0, 0.1) is 0 Å². The second-order valence-corrected chi connectivity index (χ2v) is 5.32. The van der Waals surface area contributed by atoms with Crippen LogP contribution in [-0.4, -0.2) is 12.7 Å². The Bertz CT molecular complexity index is 759. The van der Waals surface area contributed by atoms with E-state index in [1.54, 1.807) is 36.4 Å². The molecular weight excluding hydrogens is 325 g/mol. The maximum atomic E-state index is 11.9. The maximum absolute atomic E-state index is 11.9. The summed E-state index contributed by atoms with van der Waals surface area (Å²) >= 11 is 11.9. The molecule has 0 fully saturated rings. The van der Waals surface area contributed by atoms with E-state index in [1.165, 1.54) is 6.08 Å². The number of carbonyl (C=O) groups excluding carboxylic acids is 1. The minimum absolute atomic E-state index is 0.219. The van der Waals surface area contributed by atoms with Crippen LogP contribution >= 0.6 is 23.2 Å². The first kappa shape index (κ1) is 14.8. The van der Waals surface area contributed by atoms with Gasteiger partial charge in [-0.1, -0.05) is 35.3 Å². The van der Waals surface area contributed by atoms with E-state index in [4.69, 9.17) is 32.7 Å². The molecule has 1 aliphatic rings. The van der Waals surface area contributed by atoms with Gasteiger partial charge in [0.1, 0.15) is 0 Å². The van der Waals surface area contributed by atoms with Gasteiger partial charge in [-0.3, -0.25) is 4.79 Å². The van der Waals surface area contributed by atoms with E-state index in [0.29, 0.717) is 27.2 Å². The van der Waals surface area contributed by atoms with E-state index in [2.05, 4.69) is 5.32 Å². The Morgan fingerprint density at radius 1 is 1.14 bits per heavy atom. The molecule has 0 radical (unpaired) electrons. The van der Waals surface area contributed by atoms with Crippen molar-refractivity contribution in [3.8, 4) is 11.5 Å². The van der Waals surface area contributed by atoms with E-state index in [-0.39, 0.29) is 12.7 Å². The number of fused-ring (bicyclic) bond motifs is 1. The van der Waals surface area contributed by atoms with Gasteiger partial charge in [0.25, 0.3) is 0 Å². The van der Waals surface area contributed by atoms with Crippen LogP contribution in [0.4, 0.5) is 5.69 Å². The van der Waals surface area contributed by atoms with Gasteiger partial charge in [0.2, 0.25) is 12.7 Å². The largest absolute Gasteiger partial charge is 0.454 e. The molecule has 0 aromatic heterocycles. The molecule has 0 aliphatic carbocycles. The topological polar surface area (TPSA) is 47.6 Å². The van der Waals surface area contributed by atoms with Crippen molar-refractivity contribution < 1.29 is 14.3 Å². The van der Waals surface area contributed by atoms with Crippen molar-refractivity contribution in [2.75, 3.05) is 12.1 Å². The molecule has 1 amide bonds. The van der Waals surface area contributed by atoms with Gasteiger partial charge in [-0.25, -0.2) is 0 Å². The first-order valence-corrected chi connectivity index (χ1v) is 7.22. The highest BCUT2D eigenvalue weighted by molar-refractivity contribution is 6.44. The van der Waals surface area contributed by atoms with Gasteiger partial charge in [0.15, 0.2) is 11.5 Å². The quantitative estimate of drug-likeness (QED) is 0.847. The second kappa shape index (κ2) is 6.30. The van der Waals surface area contributed by atoms with Gasteiger partial charge in [0.05, 0.1) is 15.7 Å². The highest BCUT2D eigenvalue weighted by atomic mass is 35.5. The van der Waals surface area contributed by atoms with Crippen molar-refractivity contribution in [1.82, 2.24) is 0 Å². The Morgan fingerprint density at radius 3 is 2.82 bits per heavy atom. The number of ether oxygens (including phenoxy) is 2. The van der Waals surface area contributed by atoms with Crippen LogP contribution in [0.2, 0.25) is 10.0 Å². The van der Waals surface area contributed by atoms with Gasteiger partial charge >= 0.3 is 0 Å². The predicted molar refractivity (Wildman–Crippen MR) is 86.7 cm³/mol. The zero-order valence-electron chi connectivity index (χ0n) is 11.3. The van der Waals surface area contributed by atoms with Crippen LogP contribution in [0.15, 0.2) is 42.5 Å². The highest BCUT2D eigenvalue weighted by Gasteiger charge is 2.12. The average molecular weight is 336 g/mol. The number of halogens is 2. The Balaban J connectivity index is 1.70. The molecule has 0 saturated heterocycles. The third kappa shape index (κ3) is 3.18. The summed E-state index contributed by atoms with van der Waals surface area (Å²) in [6, 6.07) is 10.5. The van der Waals surface area contributed by atoms with Gasteiger partial charge in [0, 0.05) is 6.08 Å². The van der Waals surface area contributed by atoms with Crippen LogP contribution in [0.3, 0.4) is 0 Å². The molecule has 3 rings (SSSR count). The predicted octanol–water partition coefficient (Wildman–Crippen LogP) is 4.37. The zero-order chi connectivity index (χ0) is 15.5. The van der Waals surface area contributed by atoms with Crippen molar-refractivity contribution >= 4 is 40.9 Å². The number of carbonyl (C=O) groups is 1. The van der Waals surface area contributed by atoms with Crippen LogP contribution in [0.5, 0.6) is 11.5 Å². The van der Waals surface area contributed by atoms with Crippen LogP contribution in [0.25, 0.3) is 6.08 Å². The van der Waals surface area contributed by atoms with E-state index < -0.39 is 0 Å². The lowest BCUT2D eigenvalue weighted by Crippen LogP contribution is -2.08. The Labute approximate surface area is 137 Å². The Morgan fingerprint density at radius 2 is 1.95 bits per heavy atom. The lowest BCUT2D eigenvalue weighted by Gasteiger charge is -2.05. The Kier molecular flexibility index (Phi) is 4.22. The fourth-order valence-corrected chi connectivity index (χ4v) is 2.31. The van der Waals surface area contributed by atoms with Gasteiger partial charge in [-0.15, -0.1) is 0 Å². The van der Waals surface area contributed by atoms with Crippen LogP contribution in [-0.2, 0) is 4.79 Å². The van der Waals surface area contributed by atoms with Gasteiger partial charge in [-0.05, 0) is 35.9 Å². The Hall–Kier alpha value is -2.17. The van der Waals surface area contributed by atoms with E-state index in [9.17, 15) is 4.79 Å². The summed E-state index contributed by atoms with van der Waals surface area (Å²) in [5, 5.41) is 3.38. The lowest BCUT2D eigenvalue weighted by molar-refractivity contribution is -0.111. The molecule has 0 spiro atoms. The van der Waals surface area contributed by atoms with Gasteiger partial charge in [-0.2, -0.15) is 0 Å². The standard InChI is InChI=1S/C16H11Cl2NO3/c17-11-2-1-3-12(16(11)18)19-15(20)7-5-10-4-6-13-14(8-10)22-9-21-13/h1-8H,9H2,(H,19,20). The molecule has 1 aliphatic heterocycles. The first-order chi connectivity index (χ1) is 10.6. The van der Waals surface area contributed by atoms with Gasteiger partial charge < -0.3 is 14.8 Å². The van der Waals surface area contributed by atoms with E-state index in [0.717, 1.165) is 5.56 Å². The number of rotatable bonds is 3. The SMILES string of the molecule is O=C(C=Cc1ccc2c(c1)OCO2)Nc1cccc(Cl)c1Cl. The molecule has 0 bridgehead atoms. The number of hydrogen-bond acceptors (Lipinski definition) is 3. The number of anilines is 1. The first-order valence-electron chi connectivity index (χ1n) is 6.46. The zero-order valence-corrected chi connectivity index (χ0v) is 12.8. The smallest absolute Gasteiger partial charge is 0.248 e. The summed E-state index contributed by atoms with van der Waals surface area (Å²) in [7, 11) is 0. The molecular formula is C16H11Cl2NO3. The number of hydrogen-bond donors (Lipinski definition) is 1. The summed E-state index contributed by atoms with van der Waals surface area (Å²) in [5.41, 5.74) is 1.30. The summed E-state index contributed by atoms with van der Waals surface area (Å²) in [6.45, 7) is 0.219. The molecule has 6 heteroatoms. The number of amides is 1. The molecule has 112 valence electrons. The number of benzene rings is 2. The fourth-order valence-electron chi connectivity index (χ4n) is 1.96. The second-order valence-electron chi connectivity index (χ2n) is 4.54. The van der Waals surface area contributed by atoms with Crippen molar-refractivity contribution in [3.05, 3.63) is 58.1 Å². The average Bonchev–Trinajstić information content (AvgIpc) is 2.97. The molecule has 0 saturated carbocycles. The summed E-state index contributed by atoms with van der Waals surface area (Å²) < 4.78 is 10.5. The lowest BCUT2D eigenvalue weighted by atomic mass is 10.2. The third-order valence-corrected chi connectivity index (χ3v) is 3.85. The summed E-state index contributed by atoms with van der Waals surface area (Å²) in [5.74, 6) is 1.06. The minimum Gasteiger partial charge on any atom is -0.454 e. The van der Waals surface area contributed by atoms with Crippen molar-refractivity contribution in [2.24, 2.45) is 0 Å². The minimum atomic E-state index is -0.304. The van der Waals surface area contributed by atoms with Crippen molar-refractivity contribution in [3.63, 3.8) is 0 Å². The van der Waals surface area contributed by atoms with E-state index in [1.807, 2.05) is 6.07 Å². The molecule has 1 heterocycles. The van der Waals surface area contributed by atoms with Crippen LogP contribution < -0.4 is 14.8 Å². The normalized spacial score (nSPS) is 12.6.